The molecule has 2 atom stereocenters. The van der Waals surface area contributed by atoms with Gasteiger partial charge in [0, 0.05) is 6.04 Å². The molecule has 1 N–H and O–H groups in total. The Morgan fingerprint density at radius 3 is 3.15 bits per heavy atom. The van der Waals surface area contributed by atoms with Crippen molar-refractivity contribution in [2.75, 3.05) is 6.54 Å². The average Bonchev–Trinajstić information content (AvgIpc) is 2.18. The lowest BCUT2D eigenvalue weighted by Gasteiger charge is -2.36. The van der Waals surface area contributed by atoms with Crippen molar-refractivity contribution in [1.29, 1.82) is 0 Å². The van der Waals surface area contributed by atoms with Crippen molar-refractivity contribution < 1.29 is 0 Å². The van der Waals surface area contributed by atoms with E-state index in [-0.39, 0.29) is 0 Å². The van der Waals surface area contributed by atoms with Crippen LogP contribution in [0.15, 0.2) is 24.3 Å². The zero-order valence-corrected chi connectivity index (χ0v) is 7.79. The van der Waals surface area contributed by atoms with Gasteiger partial charge >= 0.3 is 0 Å². The molecule has 1 aliphatic carbocycles. The van der Waals surface area contributed by atoms with Gasteiger partial charge in [-0.1, -0.05) is 24.3 Å². The second-order valence-electron chi connectivity index (χ2n) is 4.28. The molecule has 13 heavy (non-hydrogen) atoms. The Labute approximate surface area is 79.2 Å². The largest absolute Gasteiger partial charge is 0.314 e. The molecule has 2 unspecified atom stereocenters. The summed E-state index contributed by atoms with van der Waals surface area (Å²) in [6.45, 7) is 1.21. The van der Waals surface area contributed by atoms with Crippen molar-refractivity contribution in [2.45, 2.75) is 31.2 Å². The summed E-state index contributed by atoms with van der Waals surface area (Å²) >= 11 is 0. The van der Waals surface area contributed by atoms with Gasteiger partial charge in [0.15, 0.2) is 0 Å². The van der Waals surface area contributed by atoms with Gasteiger partial charge in [-0.3, -0.25) is 0 Å². The van der Waals surface area contributed by atoms with Crippen molar-refractivity contribution in [2.24, 2.45) is 0 Å². The van der Waals surface area contributed by atoms with Gasteiger partial charge in [-0.05, 0) is 42.9 Å². The lowest BCUT2D eigenvalue weighted by atomic mass is 9.76. The highest BCUT2D eigenvalue weighted by Gasteiger charge is 2.29. The Bertz CT molecular complexity index is 319. The van der Waals surface area contributed by atoms with Crippen LogP contribution in [0, 0.1) is 0 Å². The molecule has 0 amide bonds. The highest BCUT2D eigenvalue weighted by Crippen LogP contribution is 2.35. The van der Waals surface area contributed by atoms with Crippen LogP contribution in [0.5, 0.6) is 0 Å². The van der Waals surface area contributed by atoms with Crippen molar-refractivity contribution >= 4 is 0 Å². The minimum Gasteiger partial charge on any atom is -0.314 e. The van der Waals surface area contributed by atoms with Gasteiger partial charge in [0.25, 0.3) is 0 Å². The Balaban J connectivity index is 2.06. The highest BCUT2D eigenvalue weighted by atomic mass is 14.9. The molecule has 1 heteroatoms. The maximum Gasteiger partial charge on any atom is 0.0113 e. The Kier molecular flexibility index (Phi) is 1.66. The smallest absolute Gasteiger partial charge is 0.0113 e. The quantitative estimate of drug-likeness (QED) is 0.633. The summed E-state index contributed by atoms with van der Waals surface area (Å²) in [5.74, 6) is 0.844. The standard InChI is InChI=1S/C12H15N/c1-2-4-12-9(3-1)7-11-8-10(12)5-6-13-11/h1-4,10-11,13H,5-8H2. The van der Waals surface area contributed by atoms with Crippen molar-refractivity contribution in [3.05, 3.63) is 35.4 Å². The molecule has 1 aliphatic heterocycles. The summed E-state index contributed by atoms with van der Waals surface area (Å²) in [5.41, 5.74) is 3.20. The minimum absolute atomic E-state index is 0.758. The zero-order chi connectivity index (χ0) is 8.67. The maximum atomic E-state index is 3.59. The molecule has 1 nitrogen and oxygen atoms in total. The lowest BCUT2D eigenvalue weighted by Crippen LogP contribution is -2.41. The fourth-order valence-electron chi connectivity index (χ4n) is 2.83. The van der Waals surface area contributed by atoms with E-state index < -0.39 is 0 Å². The number of hydrogen-bond donors (Lipinski definition) is 1. The van der Waals surface area contributed by atoms with Crippen molar-refractivity contribution in [1.82, 2.24) is 5.32 Å². The molecule has 1 aromatic rings. The molecule has 0 radical (unpaired) electrons. The van der Waals surface area contributed by atoms with E-state index in [0.29, 0.717) is 0 Å². The van der Waals surface area contributed by atoms with Gasteiger partial charge in [0.1, 0.15) is 0 Å². The third kappa shape index (κ3) is 1.19. The molecule has 2 bridgehead atoms. The second kappa shape index (κ2) is 2.85. The van der Waals surface area contributed by atoms with Crippen LogP contribution in [0.25, 0.3) is 0 Å². The van der Waals surface area contributed by atoms with Crippen LogP contribution < -0.4 is 5.32 Å². The van der Waals surface area contributed by atoms with Crippen molar-refractivity contribution in [3.63, 3.8) is 0 Å². The van der Waals surface area contributed by atoms with E-state index in [1.807, 2.05) is 0 Å². The highest BCUT2D eigenvalue weighted by molar-refractivity contribution is 5.34. The first-order valence-electron chi connectivity index (χ1n) is 5.24. The summed E-state index contributed by atoms with van der Waals surface area (Å²) in [6, 6.07) is 9.72. The lowest BCUT2D eigenvalue weighted by molar-refractivity contribution is 0.339. The molecule has 2 aliphatic rings. The molecule has 0 aromatic heterocycles. The first-order chi connectivity index (χ1) is 6.43. The van der Waals surface area contributed by atoms with E-state index in [1.165, 1.54) is 25.8 Å². The number of fused-ring (bicyclic) bond motifs is 4. The monoisotopic (exact) mass is 173 g/mol. The molecule has 68 valence electrons. The fraction of sp³-hybridized carbons (Fsp3) is 0.500. The number of hydrogen-bond acceptors (Lipinski definition) is 1. The normalized spacial score (nSPS) is 31.1. The summed E-state index contributed by atoms with van der Waals surface area (Å²) in [4.78, 5) is 0. The van der Waals surface area contributed by atoms with E-state index in [2.05, 4.69) is 29.6 Å². The summed E-state index contributed by atoms with van der Waals surface area (Å²) in [5, 5.41) is 3.59. The van der Waals surface area contributed by atoms with E-state index in [9.17, 15) is 0 Å². The van der Waals surface area contributed by atoms with Gasteiger partial charge in [-0.15, -0.1) is 0 Å². The fourth-order valence-corrected chi connectivity index (χ4v) is 2.83. The molecule has 1 fully saturated rings. The molecule has 1 saturated heterocycles. The SMILES string of the molecule is c1ccc2c(c1)CC1CC2CCN1. The number of nitrogens with one attached hydrogen (secondary N) is 1. The van der Waals surface area contributed by atoms with Crippen molar-refractivity contribution in [3.8, 4) is 0 Å². The van der Waals surface area contributed by atoms with E-state index in [4.69, 9.17) is 0 Å². The van der Waals surface area contributed by atoms with Gasteiger partial charge in [-0.2, -0.15) is 0 Å². The summed E-state index contributed by atoms with van der Waals surface area (Å²) in [6.07, 6.45) is 3.93. The van der Waals surface area contributed by atoms with Crippen LogP contribution in [0.4, 0.5) is 0 Å². The molecule has 1 aromatic carbocycles. The molecular formula is C12H15N. The summed E-state index contributed by atoms with van der Waals surface area (Å²) in [7, 11) is 0. The Morgan fingerprint density at radius 2 is 2.15 bits per heavy atom. The van der Waals surface area contributed by atoms with Gasteiger partial charge in [0.2, 0.25) is 0 Å². The number of rotatable bonds is 0. The van der Waals surface area contributed by atoms with E-state index in [0.717, 1.165) is 12.0 Å². The van der Waals surface area contributed by atoms with Gasteiger partial charge in [-0.25, -0.2) is 0 Å². The predicted octanol–water partition coefficient (Wildman–Crippen LogP) is 2.08. The van der Waals surface area contributed by atoms with Gasteiger partial charge < -0.3 is 5.32 Å². The van der Waals surface area contributed by atoms with Crippen LogP contribution in [0.2, 0.25) is 0 Å². The summed E-state index contributed by atoms with van der Waals surface area (Å²) < 4.78 is 0. The maximum absolute atomic E-state index is 3.59. The third-order valence-corrected chi connectivity index (χ3v) is 3.46. The first-order valence-corrected chi connectivity index (χ1v) is 5.24. The molecule has 3 rings (SSSR count). The topological polar surface area (TPSA) is 12.0 Å². The zero-order valence-electron chi connectivity index (χ0n) is 7.79. The van der Waals surface area contributed by atoms with Crippen LogP contribution in [-0.2, 0) is 6.42 Å². The van der Waals surface area contributed by atoms with Crippen LogP contribution in [0.3, 0.4) is 0 Å². The van der Waals surface area contributed by atoms with Crippen LogP contribution in [-0.4, -0.2) is 12.6 Å². The average molecular weight is 173 g/mol. The molecular weight excluding hydrogens is 158 g/mol. The van der Waals surface area contributed by atoms with Gasteiger partial charge in [0.05, 0.1) is 0 Å². The van der Waals surface area contributed by atoms with Crippen LogP contribution >= 0.6 is 0 Å². The Morgan fingerprint density at radius 1 is 1.23 bits per heavy atom. The minimum atomic E-state index is 0.758. The second-order valence-corrected chi connectivity index (χ2v) is 4.28. The first kappa shape index (κ1) is 7.57. The Hall–Kier alpha value is -0.820. The molecule has 0 saturated carbocycles. The third-order valence-electron chi connectivity index (χ3n) is 3.46. The molecule has 1 heterocycles. The van der Waals surface area contributed by atoms with E-state index >= 15 is 0 Å². The van der Waals surface area contributed by atoms with Crippen LogP contribution in [0.1, 0.15) is 29.9 Å². The van der Waals surface area contributed by atoms with E-state index in [1.54, 1.807) is 11.1 Å². The number of piperidine rings is 1. The number of benzene rings is 1. The molecule has 0 spiro atoms. The predicted molar refractivity (Wildman–Crippen MR) is 53.9 cm³/mol.